The highest BCUT2D eigenvalue weighted by molar-refractivity contribution is 9.10. The topological polar surface area (TPSA) is 32.8 Å². The lowest BCUT2D eigenvalue weighted by atomic mass is 9.94. The molecule has 0 bridgehead atoms. The van der Waals surface area contributed by atoms with E-state index in [0.717, 1.165) is 60.4 Å². The Morgan fingerprint density at radius 1 is 1.21 bits per heavy atom. The van der Waals surface area contributed by atoms with Crippen LogP contribution in [0.25, 0.3) is 0 Å². The number of carbonyl (C=O) groups excluding carboxylic acids is 1. The van der Waals surface area contributed by atoms with Crippen LogP contribution >= 0.6 is 15.9 Å². The molecule has 2 fully saturated rings. The number of benzene rings is 1. The van der Waals surface area contributed by atoms with Crippen molar-refractivity contribution in [1.82, 2.24) is 9.80 Å². The molecule has 2 atom stereocenters. The molecule has 2 aliphatic rings. The van der Waals surface area contributed by atoms with E-state index in [1.807, 2.05) is 12.1 Å². The number of nitrogens with zero attached hydrogens (tertiary/aromatic N) is 2. The molecule has 2 heterocycles. The Balaban J connectivity index is 1.45. The number of amides is 1. The van der Waals surface area contributed by atoms with Crippen LogP contribution in [0.2, 0.25) is 0 Å². The number of carbonyl (C=O) groups is 1. The molecule has 2 aliphatic heterocycles. The molecule has 162 valence electrons. The fourth-order valence-corrected chi connectivity index (χ4v) is 4.87. The van der Waals surface area contributed by atoms with Gasteiger partial charge in [0, 0.05) is 24.1 Å². The van der Waals surface area contributed by atoms with E-state index in [4.69, 9.17) is 4.74 Å². The first-order valence-corrected chi connectivity index (χ1v) is 11.0. The average molecular weight is 477 g/mol. The SMILES string of the molecule is COc1ccc(Br)c(CC2CCN(CCC3CCCN(C(=O)C(F)(F)F)C3)C2)c1. The van der Waals surface area contributed by atoms with Gasteiger partial charge in [-0.25, -0.2) is 0 Å². The van der Waals surface area contributed by atoms with Gasteiger partial charge in [0.2, 0.25) is 0 Å². The lowest BCUT2D eigenvalue weighted by Crippen LogP contribution is -2.46. The molecule has 3 rings (SSSR count). The summed E-state index contributed by atoms with van der Waals surface area (Å²) < 4.78 is 44.4. The molecule has 4 nitrogen and oxygen atoms in total. The maximum absolute atomic E-state index is 12.7. The van der Waals surface area contributed by atoms with Crippen LogP contribution in [0.5, 0.6) is 5.75 Å². The van der Waals surface area contributed by atoms with Crippen molar-refractivity contribution >= 4 is 21.8 Å². The average Bonchev–Trinajstić information content (AvgIpc) is 3.14. The minimum Gasteiger partial charge on any atom is -0.497 e. The molecule has 1 amide bonds. The van der Waals surface area contributed by atoms with Crippen LogP contribution < -0.4 is 4.74 Å². The zero-order valence-corrected chi connectivity index (χ0v) is 18.3. The quantitative estimate of drug-likeness (QED) is 0.605. The minimum atomic E-state index is -4.77. The maximum Gasteiger partial charge on any atom is 0.471 e. The number of hydrogen-bond donors (Lipinski definition) is 0. The minimum absolute atomic E-state index is 0.154. The summed E-state index contributed by atoms with van der Waals surface area (Å²) in [5.41, 5.74) is 1.24. The third-order valence-corrected chi connectivity index (χ3v) is 6.81. The zero-order valence-electron chi connectivity index (χ0n) is 16.7. The van der Waals surface area contributed by atoms with E-state index in [1.165, 1.54) is 5.56 Å². The standard InChI is InChI=1S/C21H28BrF3N2O2/c1-29-18-4-5-19(22)17(12-18)11-16-7-10-26(13-16)9-6-15-3-2-8-27(14-15)20(28)21(23,24)25/h4-5,12,15-16H,2-3,6-11,13-14H2,1H3. The summed E-state index contributed by atoms with van der Waals surface area (Å²) in [6.45, 7) is 3.35. The van der Waals surface area contributed by atoms with Crippen molar-refractivity contribution < 1.29 is 22.7 Å². The Morgan fingerprint density at radius 3 is 2.72 bits per heavy atom. The van der Waals surface area contributed by atoms with Gasteiger partial charge in [-0.3, -0.25) is 4.79 Å². The predicted octanol–water partition coefficient (Wildman–Crippen LogP) is 4.51. The van der Waals surface area contributed by atoms with E-state index in [0.29, 0.717) is 12.3 Å². The Hall–Kier alpha value is -1.28. The number of halogens is 4. The number of ether oxygens (including phenoxy) is 1. The summed E-state index contributed by atoms with van der Waals surface area (Å²) in [5, 5.41) is 0. The third-order valence-electron chi connectivity index (χ3n) is 6.03. The smallest absolute Gasteiger partial charge is 0.471 e. The second-order valence-corrected chi connectivity index (χ2v) is 9.02. The number of alkyl halides is 3. The highest BCUT2D eigenvalue weighted by atomic mass is 79.9. The van der Waals surface area contributed by atoms with Crippen LogP contribution in [0, 0.1) is 11.8 Å². The summed E-state index contributed by atoms with van der Waals surface area (Å²) >= 11 is 3.61. The van der Waals surface area contributed by atoms with Crippen molar-refractivity contribution in [3.05, 3.63) is 28.2 Å². The van der Waals surface area contributed by atoms with Crippen molar-refractivity contribution in [1.29, 1.82) is 0 Å². The van der Waals surface area contributed by atoms with E-state index < -0.39 is 12.1 Å². The molecule has 0 aliphatic carbocycles. The molecule has 2 saturated heterocycles. The number of methoxy groups -OCH3 is 1. The molecule has 29 heavy (non-hydrogen) atoms. The fraction of sp³-hybridized carbons (Fsp3) is 0.667. The Bertz CT molecular complexity index is 714. The van der Waals surface area contributed by atoms with Crippen molar-refractivity contribution in [2.45, 2.75) is 38.3 Å². The summed E-state index contributed by atoms with van der Waals surface area (Å²) in [4.78, 5) is 14.9. The lowest BCUT2D eigenvalue weighted by molar-refractivity contribution is -0.187. The van der Waals surface area contributed by atoms with Gasteiger partial charge in [0.15, 0.2) is 0 Å². The van der Waals surface area contributed by atoms with Gasteiger partial charge in [-0.1, -0.05) is 15.9 Å². The van der Waals surface area contributed by atoms with Crippen molar-refractivity contribution in [2.24, 2.45) is 11.8 Å². The van der Waals surface area contributed by atoms with Crippen LogP contribution in [0.15, 0.2) is 22.7 Å². The van der Waals surface area contributed by atoms with Crippen LogP contribution in [0.4, 0.5) is 13.2 Å². The van der Waals surface area contributed by atoms with E-state index in [-0.39, 0.29) is 19.0 Å². The first-order valence-electron chi connectivity index (χ1n) is 10.2. The monoisotopic (exact) mass is 476 g/mol. The second-order valence-electron chi connectivity index (χ2n) is 8.16. The van der Waals surface area contributed by atoms with Gasteiger partial charge in [-0.2, -0.15) is 13.2 Å². The largest absolute Gasteiger partial charge is 0.497 e. The summed E-state index contributed by atoms with van der Waals surface area (Å²) in [7, 11) is 1.67. The van der Waals surface area contributed by atoms with Crippen LogP contribution in [-0.4, -0.2) is 61.7 Å². The molecule has 8 heteroatoms. The molecule has 0 N–H and O–H groups in total. The molecule has 2 unspecified atom stereocenters. The van der Waals surface area contributed by atoms with Crippen LogP contribution in [-0.2, 0) is 11.2 Å². The molecule has 0 radical (unpaired) electrons. The molecular formula is C21H28BrF3N2O2. The Kier molecular flexibility index (Phi) is 7.48. The fourth-order valence-electron chi connectivity index (χ4n) is 4.46. The number of hydrogen-bond acceptors (Lipinski definition) is 3. The lowest BCUT2D eigenvalue weighted by Gasteiger charge is -2.33. The van der Waals surface area contributed by atoms with Gasteiger partial charge in [-0.05, 0) is 80.8 Å². The molecule has 1 aromatic rings. The van der Waals surface area contributed by atoms with E-state index in [2.05, 4.69) is 26.9 Å². The van der Waals surface area contributed by atoms with Crippen molar-refractivity contribution in [2.75, 3.05) is 39.8 Å². The maximum atomic E-state index is 12.7. The molecule has 0 aromatic heterocycles. The first-order chi connectivity index (χ1) is 13.8. The summed E-state index contributed by atoms with van der Waals surface area (Å²) in [5.74, 6) is -0.115. The predicted molar refractivity (Wildman–Crippen MR) is 109 cm³/mol. The number of piperidine rings is 1. The Labute approximate surface area is 178 Å². The van der Waals surface area contributed by atoms with Crippen molar-refractivity contribution in [3.8, 4) is 5.75 Å². The van der Waals surface area contributed by atoms with E-state index in [1.54, 1.807) is 7.11 Å². The van der Waals surface area contributed by atoms with Crippen LogP contribution in [0.3, 0.4) is 0 Å². The number of rotatable bonds is 6. The first kappa shape index (κ1) is 22.4. The van der Waals surface area contributed by atoms with Crippen LogP contribution in [0.1, 0.15) is 31.2 Å². The van der Waals surface area contributed by atoms with Gasteiger partial charge < -0.3 is 14.5 Å². The second kappa shape index (κ2) is 9.69. The highest BCUT2D eigenvalue weighted by Crippen LogP contribution is 2.29. The summed E-state index contributed by atoms with van der Waals surface area (Å²) in [6, 6.07) is 6.02. The molecule has 0 spiro atoms. The zero-order chi connectivity index (χ0) is 21.0. The van der Waals surface area contributed by atoms with E-state index in [9.17, 15) is 18.0 Å². The molecule has 1 aromatic carbocycles. The normalized spacial score (nSPS) is 23.4. The van der Waals surface area contributed by atoms with Gasteiger partial charge in [0.1, 0.15) is 5.75 Å². The van der Waals surface area contributed by atoms with Gasteiger partial charge >= 0.3 is 12.1 Å². The van der Waals surface area contributed by atoms with Gasteiger partial charge in [0.25, 0.3) is 0 Å². The number of likely N-dealkylation sites (tertiary alicyclic amines) is 2. The van der Waals surface area contributed by atoms with Gasteiger partial charge in [-0.15, -0.1) is 0 Å². The van der Waals surface area contributed by atoms with Crippen molar-refractivity contribution in [3.63, 3.8) is 0 Å². The summed E-state index contributed by atoms with van der Waals surface area (Å²) in [6.07, 6.45) is -0.275. The Morgan fingerprint density at radius 2 is 2.00 bits per heavy atom. The molecule has 0 saturated carbocycles. The van der Waals surface area contributed by atoms with Gasteiger partial charge in [0.05, 0.1) is 7.11 Å². The van der Waals surface area contributed by atoms with E-state index >= 15 is 0 Å². The third kappa shape index (κ3) is 6.10. The molecular weight excluding hydrogens is 449 g/mol. The highest BCUT2D eigenvalue weighted by Gasteiger charge is 2.43.